The van der Waals surface area contributed by atoms with E-state index in [-0.39, 0.29) is 41.2 Å². The van der Waals surface area contributed by atoms with Gasteiger partial charge >= 0.3 is 0 Å². The summed E-state index contributed by atoms with van der Waals surface area (Å²) < 4.78 is 1.41. The molecule has 3 aliphatic carbocycles. The molecule has 5 nitrogen and oxygen atoms in total. The van der Waals surface area contributed by atoms with Crippen molar-refractivity contribution in [3.05, 3.63) is 37.0 Å². The van der Waals surface area contributed by atoms with Gasteiger partial charge in [-0.15, -0.1) is 0 Å². The van der Waals surface area contributed by atoms with E-state index in [0.29, 0.717) is 7.14 Å². The molecule has 0 spiro atoms. The van der Waals surface area contributed by atoms with Crippen LogP contribution in [0.2, 0.25) is 0 Å². The summed E-state index contributed by atoms with van der Waals surface area (Å²) in [5.41, 5.74) is 0.748. The Morgan fingerprint density at radius 3 is 2.00 bits per heavy atom. The predicted molar refractivity (Wildman–Crippen MR) is 105 cm³/mol. The van der Waals surface area contributed by atoms with Crippen LogP contribution in [0.15, 0.2) is 29.4 Å². The lowest BCUT2D eigenvalue weighted by atomic mass is 9.63. The van der Waals surface area contributed by atoms with Crippen LogP contribution in [0.5, 0.6) is 5.75 Å². The second-order valence-electron chi connectivity index (χ2n) is 6.41. The van der Waals surface area contributed by atoms with Crippen LogP contribution in [0.1, 0.15) is 18.4 Å². The maximum Gasteiger partial charge on any atom is 0.254 e. The molecule has 24 heavy (non-hydrogen) atoms. The van der Waals surface area contributed by atoms with Crippen molar-refractivity contribution in [2.75, 3.05) is 0 Å². The van der Waals surface area contributed by atoms with E-state index < -0.39 is 0 Å². The monoisotopic (exact) mass is 548 g/mol. The molecule has 1 heterocycles. The second-order valence-corrected chi connectivity index (χ2v) is 8.73. The van der Waals surface area contributed by atoms with E-state index in [0.717, 1.165) is 23.4 Å². The number of aromatic hydroxyl groups is 1. The van der Waals surface area contributed by atoms with Crippen molar-refractivity contribution in [3.63, 3.8) is 0 Å². The summed E-state index contributed by atoms with van der Waals surface area (Å²) in [6.45, 7) is 0. The number of halogens is 2. The Morgan fingerprint density at radius 2 is 1.54 bits per heavy atom. The number of phenolic OH excluding ortho intramolecular Hbond substituents is 1. The molecule has 1 N–H and O–H groups in total. The first-order valence-electron chi connectivity index (χ1n) is 7.75. The lowest BCUT2D eigenvalue weighted by Crippen LogP contribution is -2.38. The number of imide groups is 1. The van der Waals surface area contributed by atoms with E-state index in [9.17, 15) is 14.7 Å². The molecule has 0 unspecified atom stereocenters. The van der Waals surface area contributed by atoms with Crippen LogP contribution in [0.4, 0.5) is 0 Å². The van der Waals surface area contributed by atoms with Crippen LogP contribution < -0.4 is 0 Å². The van der Waals surface area contributed by atoms with E-state index in [2.05, 4.69) is 17.3 Å². The summed E-state index contributed by atoms with van der Waals surface area (Å²) in [6.07, 6.45) is 7.67. The minimum absolute atomic E-state index is 0.173. The van der Waals surface area contributed by atoms with Crippen molar-refractivity contribution in [2.45, 2.75) is 12.8 Å². The van der Waals surface area contributed by atoms with Gasteiger partial charge in [0.25, 0.3) is 11.8 Å². The largest absolute Gasteiger partial charge is 0.506 e. The lowest BCUT2D eigenvalue weighted by Gasteiger charge is -2.37. The van der Waals surface area contributed by atoms with E-state index in [1.807, 2.05) is 45.2 Å². The fourth-order valence-electron chi connectivity index (χ4n) is 3.96. The zero-order chi connectivity index (χ0) is 17.0. The summed E-state index contributed by atoms with van der Waals surface area (Å²) in [4.78, 5) is 25.3. The van der Waals surface area contributed by atoms with Crippen LogP contribution in [0, 0.1) is 30.8 Å². The number of fused-ring (bicyclic) bond motifs is 1. The van der Waals surface area contributed by atoms with E-state index in [4.69, 9.17) is 0 Å². The first-order valence-corrected chi connectivity index (χ1v) is 9.91. The van der Waals surface area contributed by atoms with Gasteiger partial charge in [-0.05, 0) is 87.6 Å². The number of phenols is 1. The van der Waals surface area contributed by atoms with Gasteiger partial charge in [0, 0.05) is 0 Å². The molecule has 1 aromatic rings. The molecule has 1 aliphatic heterocycles. The Morgan fingerprint density at radius 1 is 1.04 bits per heavy atom. The number of nitrogens with zero attached hydrogens (tertiary/aromatic N) is 2. The number of allylic oxidation sites excluding steroid dienone is 2. The highest BCUT2D eigenvalue weighted by Crippen LogP contribution is 2.49. The third-order valence-electron chi connectivity index (χ3n) is 5.10. The Hall–Kier alpha value is -0.970. The topological polar surface area (TPSA) is 70.0 Å². The van der Waals surface area contributed by atoms with E-state index in [1.54, 1.807) is 12.1 Å². The molecule has 2 amide bonds. The van der Waals surface area contributed by atoms with Crippen molar-refractivity contribution in [2.24, 2.45) is 28.8 Å². The second kappa shape index (κ2) is 6.08. The van der Waals surface area contributed by atoms with Gasteiger partial charge < -0.3 is 5.11 Å². The molecular formula is C17H14I2N2O3. The number of benzene rings is 1. The zero-order valence-corrected chi connectivity index (χ0v) is 16.8. The number of rotatable bonds is 2. The first-order chi connectivity index (χ1) is 11.5. The van der Waals surface area contributed by atoms with Crippen LogP contribution in [-0.4, -0.2) is 28.1 Å². The summed E-state index contributed by atoms with van der Waals surface area (Å²) in [7, 11) is 0. The smallest absolute Gasteiger partial charge is 0.254 e. The highest BCUT2D eigenvalue weighted by Gasteiger charge is 2.56. The zero-order valence-electron chi connectivity index (χ0n) is 12.5. The van der Waals surface area contributed by atoms with Crippen LogP contribution in [-0.2, 0) is 9.59 Å². The summed E-state index contributed by atoms with van der Waals surface area (Å²) in [6, 6.07) is 3.54. The molecule has 7 heteroatoms. The van der Waals surface area contributed by atoms with Gasteiger partial charge in [-0.1, -0.05) is 12.2 Å². The van der Waals surface area contributed by atoms with E-state index in [1.165, 1.54) is 6.21 Å². The van der Waals surface area contributed by atoms with Gasteiger partial charge in [0.2, 0.25) is 0 Å². The number of carbonyl (C=O) groups is 2. The van der Waals surface area contributed by atoms with Crippen LogP contribution >= 0.6 is 45.2 Å². The highest BCUT2D eigenvalue weighted by molar-refractivity contribution is 14.1. The van der Waals surface area contributed by atoms with Gasteiger partial charge in [0.1, 0.15) is 5.75 Å². The number of hydrogen-bond donors (Lipinski definition) is 1. The SMILES string of the molecule is O=C1[C@@H]2[C@H](C(=O)N1/N=C\c1cc(I)c(O)c(I)c1)[C@@H]1C=C[C@H]2CC1. The molecule has 2 fully saturated rings. The fraction of sp³-hybridized carbons (Fsp3) is 0.353. The predicted octanol–water partition coefficient (Wildman–Crippen LogP) is 3.13. The number of carbonyl (C=O) groups excluding carboxylic acids is 2. The molecule has 4 aliphatic rings. The molecule has 1 aromatic carbocycles. The van der Waals surface area contributed by atoms with Crippen molar-refractivity contribution >= 4 is 63.2 Å². The fourth-order valence-corrected chi connectivity index (χ4v) is 5.77. The lowest BCUT2D eigenvalue weighted by molar-refractivity contribution is -0.140. The highest BCUT2D eigenvalue weighted by atomic mass is 127. The molecule has 1 saturated heterocycles. The molecule has 0 radical (unpaired) electrons. The maximum atomic E-state index is 12.7. The normalized spacial score (nSPS) is 31.3. The third-order valence-corrected chi connectivity index (χ3v) is 6.74. The van der Waals surface area contributed by atoms with Gasteiger partial charge in [0.15, 0.2) is 0 Å². The summed E-state index contributed by atoms with van der Waals surface area (Å²) >= 11 is 4.08. The maximum absolute atomic E-state index is 12.7. The molecule has 124 valence electrons. The average molecular weight is 548 g/mol. The van der Waals surface area contributed by atoms with Crippen molar-refractivity contribution in [3.8, 4) is 5.75 Å². The molecular weight excluding hydrogens is 534 g/mol. The van der Waals surface area contributed by atoms with Gasteiger partial charge in [0.05, 0.1) is 25.2 Å². The Balaban J connectivity index is 1.62. The van der Waals surface area contributed by atoms with Crippen LogP contribution in [0.3, 0.4) is 0 Å². The third kappa shape index (κ3) is 2.51. The van der Waals surface area contributed by atoms with Gasteiger partial charge in [-0.2, -0.15) is 10.1 Å². The molecule has 1 saturated carbocycles. The quantitative estimate of drug-likeness (QED) is 0.268. The van der Waals surface area contributed by atoms with Crippen LogP contribution in [0.25, 0.3) is 0 Å². The molecule has 0 aromatic heterocycles. The molecule has 4 atom stereocenters. The number of hydrazone groups is 1. The summed E-state index contributed by atoms with van der Waals surface area (Å²) in [5.74, 6) is -0.251. The molecule has 2 bridgehead atoms. The van der Waals surface area contributed by atoms with Gasteiger partial charge in [-0.25, -0.2) is 0 Å². The van der Waals surface area contributed by atoms with E-state index >= 15 is 0 Å². The minimum atomic E-state index is -0.238. The Labute approximate surface area is 166 Å². The Kier molecular flexibility index (Phi) is 4.18. The van der Waals surface area contributed by atoms with Crippen molar-refractivity contribution < 1.29 is 14.7 Å². The minimum Gasteiger partial charge on any atom is -0.506 e. The van der Waals surface area contributed by atoms with Crippen molar-refractivity contribution in [1.29, 1.82) is 0 Å². The standard InChI is InChI=1S/C17H14I2N2O3/c18-11-5-8(6-12(19)15(11)22)7-20-21-16(23)13-9-1-2-10(4-3-9)14(13)17(21)24/h1-2,5-7,9-10,13-14,22H,3-4H2/b20-7-/t9-,10+,13-,14+. The van der Waals surface area contributed by atoms with Crippen molar-refractivity contribution in [1.82, 2.24) is 5.01 Å². The Bertz CT molecular complexity index is 750. The average Bonchev–Trinajstić information content (AvgIpc) is 2.85. The summed E-state index contributed by atoms with van der Waals surface area (Å²) in [5, 5.41) is 15.1. The number of hydrogen-bond acceptors (Lipinski definition) is 4. The first kappa shape index (κ1) is 16.5. The number of amides is 2. The van der Waals surface area contributed by atoms with Gasteiger partial charge in [-0.3, -0.25) is 9.59 Å². The molecule has 5 rings (SSSR count).